The Labute approximate surface area is 168 Å². The second kappa shape index (κ2) is 8.18. The van der Waals surface area contributed by atoms with E-state index < -0.39 is 0 Å². The topological polar surface area (TPSA) is 85.7 Å². The van der Waals surface area contributed by atoms with Crippen molar-refractivity contribution < 1.29 is 4.74 Å². The van der Waals surface area contributed by atoms with Crippen molar-refractivity contribution in [3.05, 3.63) is 51.5 Å². The van der Waals surface area contributed by atoms with Crippen LogP contribution in [-0.4, -0.2) is 31.8 Å². The molecule has 0 aromatic carbocycles. The van der Waals surface area contributed by atoms with E-state index in [-0.39, 0.29) is 0 Å². The van der Waals surface area contributed by atoms with E-state index in [1.165, 1.54) is 11.3 Å². The van der Waals surface area contributed by atoms with Crippen LogP contribution >= 0.6 is 11.3 Å². The molecule has 146 valence electrons. The number of aryl methyl sites for hydroxylation is 3. The van der Waals surface area contributed by atoms with Crippen LogP contribution in [0.1, 0.15) is 46.4 Å². The second-order valence-electron chi connectivity index (χ2n) is 7.07. The lowest BCUT2D eigenvalue weighted by molar-refractivity contribution is 0.284. The van der Waals surface area contributed by atoms with Gasteiger partial charge in [0.2, 0.25) is 5.88 Å². The molecule has 8 heteroatoms. The number of anilines is 1. The molecule has 3 aromatic heterocycles. The number of rotatable bonds is 8. The third kappa shape index (κ3) is 4.62. The minimum atomic E-state index is 0.493. The second-order valence-corrected chi connectivity index (χ2v) is 8.33. The minimum Gasteiger partial charge on any atom is -0.477 e. The number of hydrogen-bond donors (Lipinski definition) is 1. The van der Waals surface area contributed by atoms with E-state index >= 15 is 0 Å². The monoisotopic (exact) mass is 396 g/mol. The summed E-state index contributed by atoms with van der Waals surface area (Å²) in [6, 6.07) is 6.16. The van der Waals surface area contributed by atoms with Gasteiger partial charge in [0.25, 0.3) is 0 Å². The summed E-state index contributed by atoms with van der Waals surface area (Å²) in [6.45, 7) is 7.19. The first kappa shape index (κ1) is 18.7. The Kier molecular flexibility index (Phi) is 5.47. The van der Waals surface area contributed by atoms with Gasteiger partial charge in [-0.05, 0) is 38.3 Å². The average molecular weight is 397 g/mol. The number of pyridine rings is 1. The van der Waals surface area contributed by atoms with E-state index in [9.17, 15) is 0 Å². The zero-order valence-electron chi connectivity index (χ0n) is 16.3. The third-order valence-corrected chi connectivity index (χ3v) is 5.65. The van der Waals surface area contributed by atoms with Gasteiger partial charge < -0.3 is 10.1 Å². The van der Waals surface area contributed by atoms with E-state index in [0.29, 0.717) is 36.7 Å². The van der Waals surface area contributed by atoms with Crippen LogP contribution in [-0.2, 0) is 13.0 Å². The molecule has 0 amide bonds. The molecule has 1 unspecified atom stereocenters. The van der Waals surface area contributed by atoms with Crippen LogP contribution in [0, 0.1) is 19.8 Å². The highest BCUT2D eigenvalue weighted by atomic mass is 32.1. The number of nitrogens with zero attached hydrogens (tertiary/aromatic N) is 5. The molecule has 1 aliphatic rings. The van der Waals surface area contributed by atoms with Crippen LogP contribution in [0.4, 0.5) is 5.82 Å². The summed E-state index contributed by atoms with van der Waals surface area (Å²) in [5.41, 5.74) is 2.44. The Hall–Kier alpha value is -2.61. The van der Waals surface area contributed by atoms with Crippen LogP contribution in [0.25, 0.3) is 0 Å². The van der Waals surface area contributed by atoms with Crippen molar-refractivity contribution in [1.29, 1.82) is 0 Å². The average Bonchev–Trinajstić information content (AvgIpc) is 3.36. The molecule has 3 heterocycles. The quantitative estimate of drug-likeness (QED) is 0.621. The van der Waals surface area contributed by atoms with Crippen LogP contribution in [0.3, 0.4) is 0 Å². The molecule has 1 N–H and O–H groups in total. The summed E-state index contributed by atoms with van der Waals surface area (Å²) >= 11 is 1.57. The zero-order chi connectivity index (χ0) is 19.5. The van der Waals surface area contributed by atoms with Gasteiger partial charge in [0.15, 0.2) is 0 Å². The van der Waals surface area contributed by atoms with E-state index in [4.69, 9.17) is 4.74 Å². The van der Waals surface area contributed by atoms with Crippen molar-refractivity contribution in [2.75, 3.05) is 11.9 Å². The lowest BCUT2D eigenvalue weighted by atomic mass is 10.1. The lowest BCUT2D eigenvalue weighted by Crippen LogP contribution is -2.07. The molecule has 2 atom stereocenters. The van der Waals surface area contributed by atoms with E-state index in [0.717, 1.165) is 28.7 Å². The van der Waals surface area contributed by atoms with Crippen LogP contribution in [0.5, 0.6) is 5.88 Å². The fraction of sp³-hybridized carbons (Fsp3) is 0.450. The molecule has 0 aliphatic heterocycles. The van der Waals surface area contributed by atoms with E-state index in [2.05, 4.69) is 49.5 Å². The molecule has 3 aromatic rings. The first-order chi connectivity index (χ1) is 13.6. The fourth-order valence-corrected chi connectivity index (χ4v) is 3.78. The van der Waals surface area contributed by atoms with Crippen molar-refractivity contribution in [2.24, 2.45) is 5.92 Å². The fourth-order valence-electron chi connectivity index (χ4n) is 3.13. The number of aromatic nitrogens is 5. The van der Waals surface area contributed by atoms with Gasteiger partial charge in [-0.3, -0.25) is 4.98 Å². The molecule has 0 bridgehead atoms. The minimum absolute atomic E-state index is 0.493. The van der Waals surface area contributed by atoms with Gasteiger partial charge in [0.05, 0.1) is 13.2 Å². The first-order valence-corrected chi connectivity index (χ1v) is 10.4. The molecule has 1 saturated carbocycles. The predicted octanol–water partition coefficient (Wildman–Crippen LogP) is 3.70. The molecule has 0 spiro atoms. The highest BCUT2D eigenvalue weighted by Gasteiger charge is 2.40. The third-order valence-electron chi connectivity index (χ3n) is 4.81. The Bertz CT molecular complexity index is 942. The van der Waals surface area contributed by atoms with Crippen LogP contribution in [0.15, 0.2) is 24.4 Å². The van der Waals surface area contributed by atoms with Gasteiger partial charge in [0, 0.05) is 29.8 Å². The maximum absolute atomic E-state index is 5.96. The molecule has 1 aliphatic carbocycles. The maximum atomic E-state index is 5.96. The first-order valence-electron chi connectivity index (χ1n) is 9.57. The van der Waals surface area contributed by atoms with Crippen molar-refractivity contribution >= 4 is 17.2 Å². The smallest absolute Gasteiger partial charge is 0.218 e. The van der Waals surface area contributed by atoms with Crippen LogP contribution in [0.2, 0.25) is 0 Å². The van der Waals surface area contributed by atoms with Gasteiger partial charge in [0.1, 0.15) is 21.7 Å². The molecule has 7 nitrogen and oxygen atoms in total. The van der Waals surface area contributed by atoms with E-state index in [1.807, 2.05) is 26.1 Å². The zero-order valence-corrected chi connectivity index (χ0v) is 17.2. The summed E-state index contributed by atoms with van der Waals surface area (Å²) in [5.74, 6) is 3.00. The highest BCUT2D eigenvalue weighted by Crippen LogP contribution is 2.46. The van der Waals surface area contributed by atoms with Crippen molar-refractivity contribution in [3.8, 4) is 5.88 Å². The summed E-state index contributed by atoms with van der Waals surface area (Å²) in [6.07, 6.45) is 4.12. The molecular formula is C20H24N6OS. The molecule has 1 fully saturated rings. The Morgan fingerprint density at radius 1 is 1.21 bits per heavy atom. The van der Waals surface area contributed by atoms with Crippen molar-refractivity contribution in [2.45, 2.75) is 46.1 Å². The van der Waals surface area contributed by atoms with Gasteiger partial charge >= 0.3 is 0 Å². The Morgan fingerprint density at radius 3 is 2.82 bits per heavy atom. The van der Waals surface area contributed by atoms with Crippen LogP contribution < -0.4 is 10.1 Å². The SMILES string of the molecule is CCc1ccc(C2C[C@@H]2COc2cc(NCc3nnc(C)s3)nc(C)n2)nc1. The van der Waals surface area contributed by atoms with Crippen molar-refractivity contribution in [3.63, 3.8) is 0 Å². The normalized spacial score (nSPS) is 18.1. The lowest BCUT2D eigenvalue weighted by Gasteiger charge is -2.09. The number of nitrogens with one attached hydrogen (secondary N) is 1. The maximum Gasteiger partial charge on any atom is 0.218 e. The largest absolute Gasteiger partial charge is 0.477 e. The van der Waals surface area contributed by atoms with E-state index in [1.54, 1.807) is 11.3 Å². The van der Waals surface area contributed by atoms with Gasteiger partial charge in [-0.15, -0.1) is 10.2 Å². The highest BCUT2D eigenvalue weighted by molar-refractivity contribution is 7.11. The Balaban J connectivity index is 1.31. The number of ether oxygens (including phenoxy) is 1. The summed E-state index contributed by atoms with van der Waals surface area (Å²) in [4.78, 5) is 13.4. The summed E-state index contributed by atoms with van der Waals surface area (Å²) < 4.78 is 5.96. The summed E-state index contributed by atoms with van der Waals surface area (Å²) in [7, 11) is 0. The predicted molar refractivity (Wildman–Crippen MR) is 109 cm³/mol. The molecule has 28 heavy (non-hydrogen) atoms. The van der Waals surface area contributed by atoms with Gasteiger partial charge in [-0.25, -0.2) is 4.98 Å². The van der Waals surface area contributed by atoms with Gasteiger partial charge in [-0.1, -0.05) is 24.3 Å². The molecule has 0 radical (unpaired) electrons. The molecular weight excluding hydrogens is 372 g/mol. The molecule has 0 saturated heterocycles. The van der Waals surface area contributed by atoms with Gasteiger partial charge in [-0.2, -0.15) is 4.98 Å². The Morgan fingerprint density at radius 2 is 2.11 bits per heavy atom. The standard InChI is InChI=1S/C20H24N6OS/c1-4-14-5-6-17(21-9-14)16-7-15(16)11-27-19-8-18(23-12(2)24-19)22-10-20-26-25-13(3)28-20/h5-6,8-9,15-16H,4,7,10-11H2,1-3H3,(H,22,23,24)/t15-,16?/m1/s1. The van der Waals surface area contributed by atoms with Crippen molar-refractivity contribution in [1.82, 2.24) is 25.1 Å². The molecule has 4 rings (SSSR count). The summed E-state index contributed by atoms with van der Waals surface area (Å²) in [5, 5.41) is 13.3. The number of hydrogen-bond acceptors (Lipinski definition) is 8.